The predicted molar refractivity (Wildman–Crippen MR) is 83.9 cm³/mol. The van der Waals surface area contributed by atoms with Crippen LogP contribution in [-0.4, -0.2) is 12.9 Å². The van der Waals surface area contributed by atoms with Gasteiger partial charge in [0.1, 0.15) is 5.75 Å². The molecule has 1 nitrogen and oxygen atoms in total. The lowest BCUT2D eigenvalue weighted by Crippen LogP contribution is -1.88. The van der Waals surface area contributed by atoms with Gasteiger partial charge in [0.05, 0.1) is 7.11 Å². The van der Waals surface area contributed by atoms with Crippen LogP contribution in [-0.2, 0) is 0 Å². The lowest BCUT2D eigenvalue weighted by molar-refractivity contribution is 0.415. The van der Waals surface area contributed by atoms with Crippen molar-refractivity contribution >= 4 is 17.3 Å². The van der Waals surface area contributed by atoms with E-state index in [-0.39, 0.29) is 0 Å². The quantitative estimate of drug-likeness (QED) is 0.721. The van der Waals surface area contributed by atoms with Crippen LogP contribution >= 0.6 is 11.8 Å². The van der Waals surface area contributed by atoms with Gasteiger partial charge in [0.15, 0.2) is 0 Å². The van der Waals surface area contributed by atoms with Gasteiger partial charge in [0, 0.05) is 10.6 Å². The van der Waals surface area contributed by atoms with Crippen molar-refractivity contribution in [2.75, 3.05) is 12.9 Å². The van der Waals surface area contributed by atoms with E-state index in [1.807, 2.05) is 23.9 Å². The van der Waals surface area contributed by atoms with Crippen molar-refractivity contribution < 1.29 is 4.74 Å². The molecule has 0 fully saturated rings. The lowest BCUT2D eigenvalue weighted by atomic mass is 10.1. The van der Waals surface area contributed by atoms with Gasteiger partial charge in [0.25, 0.3) is 0 Å². The van der Waals surface area contributed by atoms with E-state index in [0.29, 0.717) is 0 Å². The fraction of sp³-hybridized carbons (Fsp3) is 0.176. The van der Waals surface area contributed by atoms with Gasteiger partial charge in [-0.1, -0.05) is 36.4 Å². The number of aryl methyl sites for hydroxylation is 1. The van der Waals surface area contributed by atoms with Crippen LogP contribution in [0.1, 0.15) is 11.1 Å². The van der Waals surface area contributed by atoms with Gasteiger partial charge >= 0.3 is 0 Å². The summed E-state index contributed by atoms with van der Waals surface area (Å²) in [5, 5.41) is 0. The van der Waals surface area contributed by atoms with E-state index in [1.165, 1.54) is 16.0 Å². The maximum atomic E-state index is 5.16. The zero-order valence-electron chi connectivity index (χ0n) is 11.3. The number of hydrogen-bond donors (Lipinski definition) is 0. The molecule has 19 heavy (non-hydrogen) atoms. The van der Waals surface area contributed by atoms with Crippen molar-refractivity contribution in [2.45, 2.75) is 11.8 Å². The first kappa shape index (κ1) is 13.8. The molecule has 0 spiro atoms. The van der Waals surface area contributed by atoms with E-state index in [2.05, 4.69) is 49.9 Å². The van der Waals surface area contributed by atoms with Crippen LogP contribution in [0.5, 0.6) is 5.75 Å². The number of hydrogen-bond acceptors (Lipinski definition) is 2. The second-order valence-corrected chi connectivity index (χ2v) is 5.49. The molecule has 98 valence electrons. The van der Waals surface area contributed by atoms with Gasteiger partial charge in [-0.2, -0.15) is 0 Å². The Morgan fingerprint density at radius 1 is 1.16 bits per heavy atom. The Morgan fingerprint density at radius 3 is 2.53 bits per heavy atom. The predicted octanol–water partition coefficient (Wildman–Crippen LogP) is 4.81. The van der Waals surface area contributed by atoms with Gasteiger partial charge in [-0.05, 0) is 42.3 Å². The number of ether oxygens (including phenoxy) is 1. The fourth-order valence-corrected chi connectivity index (χ4v) is 2.74. The Morgan fingerprint density at radius 2 is 1.89 bits per heavy atom. The van der Waals surface area contributed by atoms with Gasteiger partial charge in [-0.25, -0.2) is 0 Å². The minimum absolute atomic E-state index is 0.878. The SMILES string of the molecule is C=C(CSc1cccc(C)c1)c1ccc(OC)cc1. The monoisotopic (exact) mass is 270 g/mol. The topological polar surface area (TPSA) is 9.23 Å². The average molecular weight is 270 g/mol. The molecule has 0 amide bonds. The van der Waals surface area contributed by atoms with E-state index in [4.69, 9.17) is 4.74 Å². The van der Waals surface area contributed by atoms with E-state index < -0.39 is 0 Å². The molecule has 0 aliphatic heterocycles. The van der Waals surface area contributed by atoms with E-state index >= 15 is 0 Å². The number of rotatable bonds is 5. The molecule has 2 rings (SSSR count). The lowest BCUT2D eigenvalue weighted by Gasteiger charge is -2.07. The third-order valence-corrected chi connectivity index (χ3v) is 3.98. The van der Waals surface area contributed by atoms with Gasteiger partial charge in [-0.3, -0.25) is 0 Å². The molecule has 0 saturated heterocycles. The summed E-state index contributed by atoms with van der Waals surface area (Å²) in [6, 6.07) is 16.6. The van der Waals surface area contributed by atoms with E-state index in [1.54, 1.807) is 7.11 Å². The second kappa shape index (κ2) is 6.48. The van der Waals surface area contributed by atoms with E-state index in [0.717, 1.165) is 17.1 Å². The minimum Gasteiger partial charge on any atom is -0.497 e. The van der Waals surface area contributed by atoms with Crippen LogP contribution in [0.3, 0.4) is 0 Å². The molecule has 0 radical (unpaired) electrons. The molecule has 2 aromatic carbocycles. The van der Waals surface area contributed by atoms with Crippen molar-refractivity contribution in [2.24, 2.45) is 0 Å². The smallest absolute Gasteiger partial charge is 0.118 e. The van der Waals surface area contributed by atoms with Crippen molar-refractivity contribution in [1.82, 2.24) is 0 Å². The highest BCUT2D eigenvalue weighted by Gasteiger charge is 2.01. The summed E-state index contributed by atoms with van der Waals surface area (Å²) in [6.07, 6.45) is 0. The molecule has 0 unspecified atom stereocenters. The summed E-state index contributed by atoms with van der Waals surface area (Å²) < 4.78 is 5.16. The Hall–Kier alpha value is -1.67. The summed E-state index contributed by atoms with van der Waals surface area (Å²) in [7, 11) is 1.68. The maximum Gasteiger partial charge on any atom is 0.118 e. The molecule has 0 bridgehead atoms. The Balaban J connectivity index is 1.97. The first-order valence-electron chi connectivity index (χ1n) is 6.21. The standard InChI is InChI=1S/C17H18OS/c1-13-5-4-6-17(11-13)19-12-14(2)15-7-9-16(18-3)10-8-15/h4-11H,2,12H2,1,3H3. The molecule has 0 aliphatic rings. The number of thioether (sulfide) groups is 1. The second-order valence-electron chi connectivity index (χ2n) is 4.44. The molecular formula is C17H18OS. The fourth-order valence-electron chi connectivity index (χ4n) is 1.79. The molecule has 0 N–H and O–H groups in total. The van der Waals surface area contributed by atoms with Crippen LogP contribution in [0, 0.1) is 6.92 Å². The first-order chi connectivity index (χ1) is 9.19. The largest absolute Gasteiger partial charge is 0.497 e. The highest BCUT2D eigenvalue weighted by Crippen LogP contribution is 2.26. The third-order valence-electron chi connectivity index (χ3n) is 2.90. The number of benzene rings is 2. The van der Waals surface area contributed by atoms with Gasteiger partial charge in [0.2, 0.25) is 0 Å². The molecule has 2 aromatic rings. The zero-order valence-corrected chi connectivity index (χ0v) is 12.2. The normalized spacial score (nSPS) is 10.2. The van der Waals surface area contributed by atoms with Crippen LogP contribution in [0.15, 0.2) is 60.0 Å². The molecule has 0 aliphatic carbocycles. The highest BCUT2D eigenvalue weighted by molar-refractivity contribution is 7.99. The minimum atomic E-state index is 0.878. The maximum absolute atomic E-state index is 5.16. The highest BCUT2D eigenvalue weighted by atomic mass is 32.2. The van der Waals surface area contributed by atoms with Crippen LogP contribution < -0.4 is 4.74 Å². The summed E-state index contributed by atoms with van der Waals surface area (Å²) in [5.41, 5.74) is 3.59. The van der Waals surface area contributed by atoms with E-state index in [9.17, 15) is 0 Å². The molecule has 2 heteroatoms. The Bertz CT molecular complexity index is 558. The average Bonchev–Trinajstić information content (AvgIpc) is 2.45. The molecule has 0 heterocycles. The summed E-state index contributed by atoms with van der Waals surface area (Å²) >= 11 is 1.82. The summed E-state index contributed by atoms with van der Waals surface area (Å²) in [6.45, 7) is 6.27. The Kier molecular flexibility index (Phi) is 4.69. The van der Waals surface area contributed by atoms with Crippen molar-refractivity contribution in [3.63, 3.8) is 0 Å². The molecule has 0 saturated carbocycles. The zero-order chi connectivity index (χ0) is 13.7. The van der Waals surface area contributed by atoms with Crippen molar-refractivity contribution in [1.29, 1.82) is 0 Å². The molecule has 0 aromatic heterocycles. The summed E-state index contributed by atoms with van der Waals surface area (Å²) in [5.74, 6) is 1.78. The first-order valence-corrected chi connectivity index (χ1v) is 7.19. The van der Waals surface area contributed by atoms with Crippen LogP contribution in [0.4, 0.5) is 0 Å². The summed E-state index contributed by atoms with van der Waals surface area (Å²) in [4.78, 5) is 1.29. The molecular weight excluding hydrogens is 252 g/mol. The third kappa shape index (κ3) is 3.90. The van der Waals surface area contributed by atoms with Crippen LogP contribution in [0.2, 0.25) is 0 Å². The van der Waals surface area contributed by atoms with Gasteiger partial charge < -0.3 is 4.74 Å². The number of methoxy groups -OCH3 is 1. The van der Waals surface area contributed by atoms with Crippen LogP contribution in [0.25, 0.3) is 5.57 Å². The van der Waals surface area contributed by atoms with Gasteiger partial charge in [-0.15, -0.1) is 11.8 Å². The van der Waals surface area contributed by atoms with Crippen molar-refractivity contribution in [3.8, 4) is 5.75 Å². The Labute approximate surface area is 119 Å². The van der Waals surface area contributed by atoms with Crippen molar-refractivity contribution in [3.05, 3.63) is 66.2 Å². The molecule has 0 atom stereocenters.